The number of aromatic nitrogens is 2. The lowest BCUT2D eigenvalue weighted by molar-refractivity contribution is -0.140. The third kappa shape index (κ3) is 6.25. The summed E-state index contributed by atoms with van der Waals surface area (Å²) >= 11 is 0. The maximum Gasteiger partial charge on any atom is 0.290 e. The number of unbranched alkanes of at least 4 members (excludes halogenated alkanes) is 1. The molecule has 2 aromatic rings. The van der Waals surface area contributed by atoms with Gasteiger partial charge in [0.2, 0.25) is 5.91 Å². The molecule has 2 atom stereocenters. The first-order valence-electron chi connectivity index (χ1n) is 13.3. The molecular formula is C27H41N5O4. The van der Waals surface area contributed by atoms with E-state index in [0.717, 1.165) is 23.9 Å². The van der Waals surface area contributed by atoms with E-state index in [1.807, 2.05) is 34.1 Å². The van der Waals surface area contributed by atoms with E-state index >= 15 is 0 Å². The molecule has 4 rings (SSSR count). The summed E-state index contributed by atoms with van der Waals surface area (Å²) in [6.07, 6.45) is 2.49. The van der Waals surface area contributed by atoms with Gasteiger partial charge in [-0.15, -0.1) is 0 Å². The minimum atomic E-state index is -0.142. The number of ether oxygens (including phenoxy) is 2. The van der Waals surface area contributed by atoms with E-state index in [-0.39, 0.29) is 23.8 Å². The van der Waals surface area contributed by atoms with Crippen molar-refractivity contribution in [2.45, 2.75) is 45.7 Å². The van der Waals surface area contributed by atoms with E-state index in [1.54, 1.807) is 7.11 Å². The summed E-state index contributed by atoms with van der Waals surface area (Å²) < 4.78 is 12.7. The number of para-hydroxylation sites is 2. The Labute approximate surface area is 214 Å². The van der Waals surface area contributed by atoms with Crippen LogP contribution in [0.4, 0.5) is 0 Å². The number of piperidine rings is 1. The van der Waals surface area contributed by atoms with Crippen molar-refractivity contribution >= 4 is 22.8 Å². The van der Waals surface area contributed by atoms with E-state index < -0.39 is 0 Å². The van der Waals surface area contributed by atoms with Crippen LogP contribution < -0.4 is 5.32 Å². The summed E-state index contributed by atoms with van der Waals surface area (Å²) in [6, 6.07) is 7.87. The van der Waals surface area contributed by atoms with Crippen LogP contribution in [0.1, 0.15) is 43.7 Å². The molecule has 2 aliphatic rings. The second-order valence-corrected chi connectivity index (χ2v) is 10.3. The Hall–Kier alpha value is -2.49. The van der Waals surface area contributed by atoms with Crippen LogP contribution in [0.2, 0.25) is 0 Å². The quantitative estimate of drug-likeness (QED) is 0.505. The number of nitrogens with one attached hydrogen (secondary N) is 1. The van der Waals surface area contributed by atoms with E-state index in [2.05, 4.69) is 23.7 Å². The Bertz CT molecular complexity index is 1020. The zero-order valence-corrected chi connectivity index (χ0v) is 21.9. The molecule has 0 spiro atoms. The molecule has 1 aromatic carbocycles. The van der Waals surface area contributed by atoms with E-state index in [4.69, 9.17) is 14.5 Å². The molecular weight excluding hydrogens is 458 g/mol. The number of benzene rings is 1. The number of carbonyl (C=O) groups is 2. The van der Waals surface area contributed by atoms with Crippen molar-refractivity contribution in [1.82, 2.24) is 24.7 Å². The SMILES string of the molecule is COCCCCn1c(C(=O)N(CC(C)C)C2CNCC(C(=O)N3CCOCC3)C2)nc2ccccc21. The highest BCUT2D eigenvalue weighted by molar-refractivity contribution is 5.95. The Morgan fingerprint density at radius 2 is 1.97 bits per heavy atom. The molecule has 2 amide bonds. The van der Waals surface area contributed by atoms with Crippen molar-refractivity contribution in [3.63, 3.8) is 0 Å². The monoisotopic (exact) mass is 499 g/mol. The summed E-state index contributed by atoms with van der Waals surface area (Å²) in [6.45, 7) is 10.1. The average molecular weight is 500 g/mol. The molecule has 9 heteroatoms. The Balaban J connectivity index is 1.57. The van der Waals surface area contributed by atoms with Crippen LogP contribution in [0.15, 0.2) is 24.3 Å². The normalized spacial score (nSPS) is 20.7. The summed E-state index contributed by atoms with van der Waals surface area (Å²) in [5, 5.41) is 3.44. The molecule has 3 heterocycles. The second-order valence-electron chi connectivity index (χ2n) is 10.3. The standard InChI is InChI=1S/C27H41N5O4/c1-20(2)19-32(22-16-21(17-28-18-22)26(33)30-11-14-36-15-12-30)27(34)25-29-23-8-4-5-9-24(23)31(25)10-6-7-13-35-3/h4-5,8-9,20-22,28H,6-7,10-19H2,1-3H3. The molecule has 2 fully saturated rings. The van der Waals surface area contributed by atoms with Crippen molar-refractivity contribution in [1.29, 1.82) is 0 Å². The third-order valence-corrected chi connectivity index (χ3v) is 7.09. The number of imidazole rings is 1. The van der Waals surface area contributed by atoms with Crippen LogP contribution in [0, 0.1) is 11.8 Å². The number of amides is 2. The van der Waals surface area contributed by atoms with Gasteiger partial charge in [-0.05, 0) is 37.3 Å². The van der Waals surface area contributed by atoms with Gasteiger partial charge in [0, 0.05) is 59.0 Å². The van der Waals surface area contributed by atoms with Crippen molar-refractivity contribution in [2.24, 2.45) is 11.8 Å². The number of carbonyl (C=O) groups excluding carboxylic acids is 2. The predicted molar refractivity (Wildman–Crippen MR) is 139 cm³/mol. The van der Waals surface area contributed by atoms with Crippen LogP contribution >= 0.6 is 0 Å². The fourth-order valence-corrected chi connectivity index (χ4v) is 5.29. The molecule has 2 saturated heterocycles. The van der Waals surface area contributed by atoms with Gasteiger partial charge in [0.05, 0.1) is 30.2 Å². The number of rotatable bonds is 10. The van der Waals surface area contributed by atoms with Gasteiger partial charge in [-0.3, -0.25) is 9.59 Å². The first-order chi connectivity index (χ1) is 17.5. The van der Waals surface area contributed by atoms with Gasteiger partial charge in [0.15, 0.2) is 5.82 Å². The third-order valence-electron chi connectivity index (χ3n) is 7.09. The molecule has 0 radical (unpaired) electrons. The smallest absolute Gasteiger partial charge is 0.290 e. The van der Waals surface area contributed by atoms with Crippen LogP contribution in [0.25, 0.3) is 11.0 Å². The van der Waals surface area contributed by atoms with Gasteiger partial charge < -0.3 is 29.2 Å². The highest BCUT2D eigenvalue weighted by atomic mass is 16.5. The van der Waals surface area contributed by atoms with Gasteiger partial charge in [0.1, 0.15) is 0 Å². The van der Waals surface area contributed by atoms with Crippen LogP contribution in [0.3, 0.4) is 0 Å². The molecule has 9 nitrogen and oxygen atoms in total. The minimum Gasteiger partial charge on any atom is -0.385 e. The fourth-order valence-electron chi connectivity index (χ4n) is 5.29. The van der Waals surface area contributed by atoms with Crippen molar-refractivity contribution < 1.29 is 19.1 Å². The lowest BCUT2D eigenvalue weighted by atomic mass is 9.92. The molecule has 2 aliphatic heterocycles. The zero-order valence-electron chi connectivity index (χ0n) is 21.9. The van der Waals surface area contributed by atoms with Gasteiger partial charge in [-0.1, -0.05) is 26.0 Å². The van der Waals surface area contributed by atoms with E-state index in [9.17, 15) is 9.59 Å². The Kier molecular flexibility index (Phi) is 9.34. The molecule has 198 valence electrons. The van der Waals surface area contributed by atoms with Gasteiger partial charge in [0.25, 0.3) is 5.91 Å². The van der Waals surface area contributed by atoms with Crippen LogP contribution in [-0.4, -0.2) is 96.9 Å². The summed E-state index contributed by atoms with van der Waals surface area (Å²) in [7, 11) is 1.71. The number of methoxy groups -OCH3 is 1. The number of hydrogen-bond acceptors (Lipinski definition) is 6. The maximum absolute atomic E-state index is 14.1. The number of fused-ring (bicyclic) bond motifs is 1. The average Bonchev–Trinajstić information content (AvgIpc) is 3.28. The first-order valence-corrected chi connectivity index (χ1v) is 13.3. The highest BCUT2D eigenvalue weighted by Gasteiger charge is 2.36. The number of hydrogen-bond donors (Lipinski definition) is 1. The van der Waals surface area contributed by atoms with E-state index in [1.165, 1.54) is 0 Å². The Morgan fingerprint density at radius 1 is 1.19 bits per heavy atom. The number of morpholine rings is 1. The van der Waals surface area contributed by atoms with Crippen molar-refractivity contribution in [2.75, 3.05) is 59.7 Å². The minimum absolute atomic E-state index is 0.0575. The molecule has 2 unspecified atom stereocenters. The highest BCUT2D eigenvalue weighted by Crippen LogP contribution is 2.24. The van der Waals surface area contributed by atoms with Crippen LogP contribution in [-0.2, 0) is 20.8 Å². The maximum atomic E-state index is 14.1. The molecule has 0 bridgehead atoms. The van der Waals surface area contributed by atoms with Crippen LogP contribution in [0.5, 0.6) is 0 Å². The summed E-state index contributed by atoms with van der Waals surface area (Å²) in [4.78, 5) is 36.0. The fraction of sp³-hybridized carbons (Fsp3) is 0.667. The van der Waals surface area contributed by atoms with E-state index in [0.29, 0.717) is 77.3 Å². The molecule has 36 heavy (non-hydrogen) atoms. The first kappa shape index (κ1) is 26.6. The van der Waals surface area contributed by atoms with Gasteiger partial charge in [-0.2, -0.15) is 0 Å². The summed E-state index contributed by atoms with van der Waals surface area (Å²) in [5.41, 5.74) is 1.81. The van der Waals surface area contributed by atoms with Gasteiger partial charge >= 0.3 is 0 Å². The van der Waals surface area contributed by atoms with Crippen molar-refractivity contribution in [3.05, 3.63) is 30.1 Å². The Morgan fingerprint density at radius 3 is 2.72 bits per heavy atom. The van der Waals surface area contributed by atoms with Crippen molar-refractivity contribution in [3.8, 4) is 0 Å². The molecule has 0 saturated carbocycles. The largest absolute Gasteiger partial charge is 0.385 e. The van der Waals surface area contributed by atoms with Gasteiger partial charge in [-0.25, -0.2) is 4.98 Å². The second kappa shape index (κ2) is 12.7. The summed E-state index contributed by atoms with van der Waals surface area (Å²) in [5.74, 6) is 0.743. The molecule has 0 aliphatic carbocycles. The molecule has 1 N–H and O–H groups in total. The number of nitrogens with zero attached hydrogens (tertiary/aromatic N) is 4. The topological polar surface area (TPSA) is 88.9 Å². The zero-order chi connectivity index (χ0) is 25.5. The molecule has 1 aromatic heterocycles. The predicted octanol–water partition coefficient (Wildman–Crippen LogP) is 2.40. The lowest BCUT2D eigenvalue weighted by Gasteiger charge is -2.40. The number of aryl methyl sites for hydroxylation is 1. The lowest BCUT2D eigenvalue weighted by Crippen LogP contribution is -2.56.